The van der Waals surface area contributed by atoms with Crippen LogP contribution in [0.25, 0.3) is 16.5 Å². The highest BCUT2D eigenvalue weighted by molar-refractivity contribution is 5.94. The van der Waals surface area contributed by atoms with Crippen molar-refractivity contribution in [2.24, 2.45) is 0 Å². The van der Waals surface area contributed by atoms with E-state index in [0.717, 1.165) is 16.6 Å². The van der Waals surface area contributed by atoms with E-state index in [4.69, 9.17) is 0 Å². The third kappa shape index (κ3) is 3.40. The highest BCUT2D eigenvalue weighted by atomic mass is 16.1. The second kappa shape index (κ2) is 7.44. The van der Waals surface area contributed by atoms with Gasteiger partial charge in [-0.1, -0.05) is 24.3 Å². The summed E-state index contributed by atoms with van der Waals surface area (Å²) in [4.78, 5) is 29.1. The lowest BCUT2D eigenvalue weighted by molar-refractivity contribution is 0.0951. The van der Waals surface area contributed by atoms with Crippen LogP contribution in [0.5, 0.6) is 0 Å². The predicted molar refractivity (Wildman–Crippen MR) is 107 cm³/mol. The summed E-state index contributed by atoms with van der Waals surface area (Å²) in [6.45, 7) is 2.28. The van der Waals surface area contributed by atoms with E-state index in [-0.39, 0.29) is 11.5 Å². The van der Waals surface area contributed by atoms with Crippen LogP contribution in [0.1, 0.15) is 21.6 Å². The number of hydrogen-bond donors (Lipinski definition) is 1. The molecule has 6 nitrogen and oxygen atoms in total. The van der Waals surface area contributed by atoms with Gasteiger partial charge in [0.2, 0.25) is 0 Å². The van der Waals surface area contributed by atoms with Crippen LogP contribution in [-0.4, -0.2) is 20.7 Å². The Balaban J connectivity index is 1.58. The number of benzene rings is 2. The molecule has 0 saturated carbocycles. The molecule has 4 rings (SSSR count). The zero-order valence-corrected chi connectivity index (χ0v) is 15.3. The molecule has 2 aromatic heterocycles. The van der Waals surface area contributed by atoms with Crippen molar-refractivity contribution in [3.8, 4) is 5.69 Å². The van der Waals surface area contributed by atoms with Crippen molar-refractivity contribution in [2.75, 3.05) is 0 Å². The van der Waals surface area contributed by atoms with Gasteiger partial charge in [-0.3, -0.25) is 14.6 Å². The summed E-state index contributed by atoms with van der Waals surface area (Å²) in [5.74, 6) is -0.189. The van der Waals surface area contributed by atoms with Crippen molar-refractivity contribution in [1.82, 2.24) is 20.1 Å². The molecule has 0 aliphatic rings. The molecule has 1 amide bonds. The zero-order chi connectivity index (χ0) is 19.5. The number of aryl methyl sites for hydroxylation is 1. The van der Waals surface area contributed by atoms with E-state index in [2.05, 4.69) is 15.4 Å². The molecule has 2 heterocycles. The number of rotatable bonds is 4. The summed E-state index contributed by atoms with van der Waals surface area (Å²) >= 11 is 0. The molecule has 138 valence electrons. The van der Waals surface area contributed by atoms with Gasteiger partial charge in [-0.15, -0.1) is 0 Å². The van der Waals surface area contributed by atoms with Crippen molar-refractivity contribution in [1.29, 1.82) is 0 Å². The molecule has 0 aliphatic heterocycles. The van der Waals surface area contributed by atoms with Gasteiger partial charge in [0.15, 0.2) is 0 Å². The molecule has 0 atom stereocenters. The summed E-state index contributed by atoms with van der Waals surface area (Å²) in [6.07, 6.45) is 3.40. The maximum atomic E-state index is 12.8. The van der Waals surface area contributed by atoms with Crippen molar-refractivity contribution in [3.63, 3.8) is 0 Å². The molecule has 0 bridgehead atoms. The molecule has 2 aromatic carbocycles. The van der Waals surface area contributed by atoms with Gasteiger partial charge in [0, 0.05) is 29.9 Å². The standard InChI is InChI=1S/C22H18N4O2/c1-15-19-6-2-3-7-20(19)22(28)26(25-15)18-10-8-17(9-11-18)21(27)24-14-16-5-4-12-23-13-16/h2-13H,14H2,1H3,(H,24,27). The van der Waals surface area contributed by atoms with E-state index in [0.29, 0.717) is 23.2 Å². The largest absolute Gasteiger partial charge is 0.348 e. The fourth-order valence-corrected chi connectivity index (χ4v) is 3.06. The van der Waals surface area contributed by atoms with Crippen LogP contribution in [0.2, 0.25) is 0 Å². The lowest BCUT2D eigenvalue weighted by atomic mass is 10.1. The third-order valence-corrected chi connectivity index (χ3v) is 4.54. The van der Waals surface area contributed by atoms with Gasteiger partial charge in [-0.2, -0.15) is 9.78 Å². The molecule has 28 heavy (non-hydrogen) atoms. The van der Waals surface area contributed by atoms with Gasteiger partial charge in [0.1, 0.15) is 0 Å². The molecular weight excluding hydrogens is 352 g/mol. The Labute approximate surface area is 161 Å². The molecular formula is C22H18N4O2. The molecule has 0 spiro atoms. The molecule has 0 radical (unpaired) electrons. The summed E-state index contributed by atoms with van der Waals surface area (Å²) in [6, 6.07) is 18.0. The molecule has 4 aromatic rings. The second-order valence-electron chi connectivity index (χ2n) is 6.44. The Hall–Kier alpha value is -3.80. The molecule has 1 N–H and O–H groups in total. The average Bonchev–Trinajstić information content (AvgIpc) is 2.75. The maximum absolute atomic E-state index is 12.8. The Kier molecular flexibility index (Phi) is 4.68. The first kappa shape index (κ1) is 17.6. The highest BCUT2D eigenvalue weighted by Gasteiger charge is 2.10. The lowest BCUT2D eigenvalue weighted by Gasteiger charge is -2.10. The van der Waals surface area contributed by atoms with Crippen LogP contribution in [0.3, 0.4) is 0 Å². The molecule has 0 unspecified atom stereocenters. The van der Waals surface area contributed by atoms with Crippen LogP contribution in [0.4, 0.5) is 0 Å². The summed E-state index contributed by atoms with van der Waals surface area (Å²) in [5.41, 5.74) is 2.64. The Morgan fingerprint density at radius 1 is 1.00 bits per heavy atom. The molecule has 6 heteroatoms. The Morgan fingerprint density at radius 2 is 1.75 bits per heavy atom. The van der Waals surface area contributed by atoms with Crippen LogP contribution in [-0.2, 0) is 6.54 Å². The summed E-state index contributed by atoms with van der Waals surface area (Å²) in [5, 5.41) is 8.74. The van der Waals surface area contributed by atoms with Crippen LogP contribution < -0.4 is 10.9 Å². The number of aromatic nitrogens is 3. The number of carbonyl (C=O) groups excluding carboxylic acids is 1. The average molecular weight is 370 g/mol. The summed E-state index contributed by atoms with van der Waals surface area (Å²) in [7, 11) is 0. The minimum Gasteiger partial charge on any atom is -0.348 e. The predicted octanol–water partition coefficient (Wildman–Crippen LogP) is 3.02. The minimum atomic E-state index is -0.189. The third-order valence-electron chi connectivity index (χ3n) is 4.54. The number of fused-ring (bicyclic) bond motifs is 1. The first-order chi connectivity index (χ1) is 13.6. The fraction of sp³-hybridized carbons (Fsp3) is 0.0909. The minimum absolute atomic E-state index is 0.185. The van der Waals surface area contributed by atoms with Crippen molar-refractivity contribution in [3.05, 3.63) is 100 Å². The Morgan fingerprint density at radius 3 is 2.46 bits per heavy atom. The van der Waals surface area contributed by atoms with E-state index < -0.39 is 0 Å². The van der Waals surface area contributed by atoms with E-state index in [1.807, 2.05) is 37.3 Å². The monoisotopic (exact) mass is 370 g/mol. The van der Waals surface area contributed by atoms with Crippen molar-refractivity contribution >= 4 is 16.7 Å². The van der Waals surface area contributed by atoms with Crippen LogP contribution >= 0.6 is 0 Å². The number of hydrogen-bond acceptors (Lipinski definition) is 4. The van der Waals surface area contributed by atoms with Gasteiger partial charge < -0.3 is 5.32 Å². The number of amides is 1. The summed E-state index contributed by atoms with van der Waals surface area (Å²) < 4.78 is 1.37. The van der Waals surface area contributed by atoms with Crippen molar-refractivity contribution < 1.29 is 4.79 Å². The number of pyridine rings is 1. The molecule has 0 fully saturated rings. The van der Waals surface area contributed by atoms with Crippen molar-refractivity contribution in [2.45, 2.75) is 13.5 Å². The van der Waals surface area contributed by atoms with E-state index in [1.54, 1.807) is 42.7 Å². The Bertz CT molecular complexity index is 1200. The van der Waals surface area contributed by atoms with Gasteiger partial charge in [0.05, 0.1) is 16.8 Å². The highest BCUT2D eigenvalue weighted by Crippen LogP contribution is 2.14. The molecule has 0 saturated heterocycles. The number of carbonyl (C=O) groups is 1. The number of nitrogens with zero attached hydrogens (tertiary/aromatic N) is 3. The van der Waals surface area contributed by atoms with Gasteiger partial charge >= 0.3 is 0 Å². The lowest BCUT2D eigenvalue weighted by Crippen LogP contribution is -2.24. The topological polar surface area (TPSA) is 76.9 Å². The smallest absolute Gasteiger partial charge is 0.279 e. The van der Waals surface area contributed by atoms with Crippen LogP contribution in [0, 0.1) is 6.92 Å². The van der Waals surface area contributed by atoms with Gasteiger partial charge in [0.25, 0.3) is 11.5 Å². The maximum Gasteiger partial charge on any atom is 0.279 e. The fourth-order valence-electron chi connectivity index (χ4n) is 3.06. The van der Waals surface area contributed by atoms with E-state index in [1.165, 1.54) is 4.68 Å². The van der Waals surface area contributed by atoms with Gasteiger partial charge in [-0.05, 0) is 48.9 Å². The van der Waals surface area contributed by atoms with Gasteiger partial charge in [-0.25, -0.2) is 0 Å². The molecule has 0 aliphatic carbocycles. The SMILES string of the molecule is Cc1nn(-c2ccc(C(=O)NCc3cccnc3)cc2)c(=O)c2ccccc12. The normalized spacial score (nSPS) is 10.8. The van der Waals surface area contributed by atoms with E-state index >= 15 is 0 Å². The van der Waals surface area contributed by atoms with E-state index in [9.17, 15) is 9.59 Å². The van der Waals surface area contributed by atoms with Crippen LogP contribution in [0.15, 0.2) is 77.9 Å². The first-order valence-corrected chi connectivity index (χ1v) is 8.90. The number of nitrogens with one attached hydrogen (secondary N) is 1. The quantitative estimate of drug-likeness (QED) is 0.599. The zero-order valence-electron chi connectivity index (χ0n) is 15.3. The first-order valence-electron chi connectivity index (χ1n) is 8.90. The second-order valence-corrected chi connectivity index (χ2v) is 6.44.